The number of amides is 2. The molecule has 15 heavy (non-hydrogen) atoms. The number of rotatable bonds is 3. The number of anilines is 1. The van der Waals surface area contributed by atoms with Crippen molar-refractivity contribution >= 4 is 24.5 Å². The van der Waals surface area contributed by atoms with Crippen molar-refractivity contribution in [3.05, 3.63) is 29.8 Å². The Bertz CT molecular complexity index is 341. The van der Waals surface area contributed by atoms with E-state index in [1.807, 2.05) is 31.2 Å². The smallest absolute Gasteiger partial charge is 0.331 e. The molecule has 0 bridgehead atoms. The number of nitrogens with zero attached hydrogens (tertiary/aromatic N) is 1. The normalized spacial score (nSPS) is 9.80. The van der Waals surface area contributed by atoms with Crippen molar-refractivity contribution in [3.8, 4) is 0 Å². The van der Waals surface area contributed by atoms with Crippen LogP contribution in [0.5, 0.6) is 0 Å². The van der Waals surface area contributed by atoms with E-state index in [1.165, 1.54) is 4.31 Å². The molecule has 0 radical (unpaired) electrons. The summed E-state index contributed by atoms with van der Waals surface area (Å²) in [6.07, 6.45) is 0.882. The molecule has 0 atom stereocenters. The third kappa shape index (κ3) is 2.89. The number of thiol groups is 1. The first-order chi connectivity index (χ1) is 7.20. The number of para-hydroxylation sites is 1. The average molecular weight is 224 g/mol. The lowest BCUT2D eigenvalue weighted by molar-refractivity contribution is 0.250. The second-order valence-electron chi connectivity index (χ2n) is 3.13. The van der Waals surface area contributed by atoms with Gasteiger partial charge in [0.05, 0.1) is 5.69 Å². The van der Waals surface area contributed by atoms with E-state index in [2.05, 4.69) is 25.1 Å². The highest BCUT2D eigenvalue weighted by molar-refractivity contribution is 7.82. The number of hydrogen-bond donors (Lipinski definition) is 2. The van der Waals surface area contributed by atoms with Crippen LogP contribution in [-0.2, 0) is 6.42 Å². The zero-order valence-corrected chi connectivity index (χ0v) is 9.92. The molecule has 3 nitrogen and oxygen atoms in total. The van der Waals surface area contributed by atoms with Crippen molar-refractivity contribution in [1.82, 2.24) is 5.32 Å². The lowest BCUT2D eigenvalue weighted by atomic mass is 10.1. The number of carbonyl (C=O) groups is 1. The van der Waals surface area contributed by atoms with E-state index in [0.717, 1.165) is 17.7 Å². The number of carbonyl (C=O) groups excluding carboxylic acids is 1. The van der Waals surface area contributed by atoms with Crippen LogP contribution in [0.2, 0.25) is 0 Å². The first kappa shape index (κ1) is 11.9. The maximum absolute atomic E-state index is 11.6. The molecule has 1 aromatic rings. The molecule has 0 fully saturated rings. The standard InChI is InChI=1S/C11H16N2OS/c1-3-9-7-5-6-8-10(9)13(15)11(14)12-4-2/h5-8,15H,3-4H2,1-2H3,(H,12,14). The Kier molecular flexibility index (Phi) is 4.49. The number of benzene rings is 1. The van der Waals surface area contributed by atoms with Gasteiger partial charge in [0.2, 0.25) is 0 Å². The van der Waals surface area contributed by atoms with Crippen LogP contribution in [0.3, 0.4) is 0 Å². The number of urea groups is 1. The van der Waals surface area contributed by atoms with Crippen molar-refractivity contribution in [2.45, 2.75) is 20.3 Å². The summed E-state index contributed by atoms with van der Waals surface area (Å²) in [6, 6.07) is 7.55. The van der Waals surface area contributed by atoms with Crippen LogP contribution >= 0.6 is 12.8 Å². The predicted octanol–water partition coefficient (Wildman–Crippen LogP) is 2.63. The predicted molar refractivity (Wildman–Crippen MR) is 66.4 cm³/mol. The highest BCUT2D eigenvalue weighted by Gasteiger charge is 2.12. The van der Waals surface area contributed by atoms with Crippen LogP contribution in [0.15, 0.2) is 24.3 Å². The molecule has 0 saturated heterocycles. The molecular weight excluding hydrogens is 208 g/mol. The maximum Gasteiger partial charge on any atom is 0.331 e. The molecule has 1 aromatic carbocycles. The zero-order valence-electron chi connectivity index (χ0n) is 9.03. The number of nitrogens with one attached hydrogen (secondary N) is 1. The summed E-state index contributed by atoms with van der Waals surface area (Å²) >= 11 is 4.19. The third-order valence-electron chi connectivity index (χ3n) is 2.12. The topological polar surface area (TPSA) is 32.3 Å². The van der Waals surface area contributed by atoms with Crippen LogP contribution in [0.4, 0.5) is 10.5 Å². The second kappa shape index (κ2) is 5.66. The van der Waals surface area contributed by atoms with E-state index < -0.39 is 0 Å². The fourth-order valence-electron chi connectivity index (χ4n) is 1.35. The summed E-state index contributed by atoms with van der Waals surface area (Å²) < 4.78 is 1.35. The van der Waals surface area contributed by atoms with E-state index in [1.54, 1.807) is 0 Å². The lowest BCUT2D eigenvalue weighted by Gasteiger charge is -2.18. The fourth-order valence-corrected chi connectivity index (χ4v) is 1.62. The van der Waals surface area contributed by atoms with Gasteiger partial charge in [-0.3, -0.25) is 0 Å². The van der Waals surface area contributed by atoms with Gasteiger partial charge in [-0.05, 0) is 25.0 Å². The minimum Gasteiger partial charge on any atom is -0.337 e. The van der Waals surface area contributed by atoms with Gasteiger partial charge in [-0.25, -0.2) is 9.10 Å². The Morgan fingerprint density at radius 2 is 2.07 bits per heavy atom. The minimum absolute atomic E-state index is 0.193. The summed E-state index contributed by atoms with van der Waals surface area (Å²) in [7, 11) is 0. The van der Waals surface area contributed by atoms with Crippen LogP contribution in [-0.4, -0.2) is 12.6 Å². The van der Waals surface area contributed by atoms with Crippen molar-refractivity contribution < 1.29 is 4.79 Å². The number of aryl methyl sites for hydroxylation is 1. The number of hydrogen-bond acceptors (Lipinski definition) is 2. The molecule has 0 unspecified atom stereocenters. The van der Waals surface area contributed by atoms with Crippen molar-refractivity contribution in [1.29, 1.82) is 0 Å². The highest BCUT2D eigenvalue weighted by atomic mass is 32.1. The van der Waals surface area contributed by atoms with Crippen LogP contribution < -0.4 is 9.62 Å². The van der Waals surface area contributed by atoms with Gasteiger partial charge in [-0.1, -0.05) is 37.9 Å². The monoisotopic (exact) mass is 224 g/mol. The van der Waals surface area contributed by atoms with Crippen LogP contribution in [0.25, 0.3) is 0 Å². The quantitative estimate of drug-likeness (QED) is 0.760. The maximum atomic E-state index is 11.6. The van der Waals surface area contributed by atoms with Gasteiger partial charge < -0.3 is 5.32 Å². The first-order valence-electron chi connectivity index (χ1n) is 5.05. The first-order valence-corrected chi connectivity index (χ1v) is 5.45. The summed E-state index contributed by atoms with van der Waals surface area (Å²) in [6.45, 7) is 4.54. The van der Waals surface area contributed by atoms with Crippen molar-refractivity contribution in [2.24, 2.45) is 0 Å². The van der Waals surface area contributed by atoms with Crippen LogP contribution in [0, 0.1) is 0 Å². The third-order valence-corrected chi connectivity index (χ3v) is 2.52. The molecule has 0 spiro atoms. The van der Waals surface area contributed by atoms with E-state index in [4.69, 9.17) is 0 Å². The molecule has 1 rings (SSSR count). The van der Waals surface area contributed by atoms with E-state index in [9.17, 15) is 4.79 Å². The molecule has 0 aliphatic carbocycles. The lowest BCUT2D eigenvalue weighted by Crippen LogP contribution is -2.34. The Morgan fingerprint density at radius 1 is 1.40 bits per heavy atom. The van der Waals surface area contributed by atoms with Gasteiger partial charge in [-0.15, -0.1) is 0 Å². The highest BCUT2D eigenvalue weighted by Crippen LogP contribution is 2.22. The van der Waals surface area contributed by atoms with Gasteiger partial charge in [-0.2, -0.15) is 0 Å². The van der Waals surface area contributed by atoms with E-state index in [0.29, 0.717) is 6.54 Å². The minimum atomic E-state index is -0.193. The van der Waals surface area contributed by atoms with Gasteiger partial charge in [0.1, 0.15) is 0 Å². The Hall–Kier alpha value is -1.16. The van der Waals surface area contributed by atoms with Gasteiger partial charge in [0, 0.05) is 6.54 Å². The molecule has 0 saturated carbocycles. The summed E-state index contributed by atoms with van der Waals surface area (Å²) in [5.41, 5.74) is 1.95. The Balaban J connectivity index is 2.89. The van der Waals surface area contributed by atoms with Crippen molar-refractivity contribution in [3.63, 3.8) is 0 Å². The Labute approximate surface area is 96.0 Å². The molecule has 82 valence electrons. The zero-order chi connectivity index (χ0) is 11.3. The van der Waals surface area contributed by atoms with Gasteiger partial charge >= 0.3 is 6.03 Å². The van der Waals surface area contributed by atoms with E-state index in [-0.39, 0.29) is 6.03 Å². The summed E-state index contributed by atoms with van der Waals surface area (Å²) in [5.74, 6) is 0. The van der Waals surface area contributed by atoms with Gasteiger partial charge in [0.25, 0.3) is 0 Å². The largest absolute Gasteiger partial charge is 0.337 e. The molecule has 2 amide bonds. The molecule has 0 aromatic heterocycles. The summed E-state index contributed by atoms with van der Waals surface area (Å²) in [4.78, 5) is 11.6. The van der Waals surface area contributed by atoms with Crippen molar-refractivity contribution in [2.75, 3.05) is 10.8 Å². The van der Waals surface area contributed by atoms with E-state index >= 15 is 0 Å². The summed E-state index contributed by atoms with van der Waals surface area (Å²) in [5, 5.41) is 2.71. The second-order valence-corrected chi connectivity index (χ2v) is 3.53. The molecule has 0 heterocycles. The molecule has 1 N–H and O–H groups in total. The molecule has 0 aliphatic rings. The van der Waals surface area contributed by atoms with Gasteiger partial charge in [0.15, 0.2) is 0 Å². The Morgan fingerprint density at radius 3 is 2.67 bits per heavy atom. The average Bonchev–Trinajstić information content (AvgIpc) is 2.28. The SMILES string of the molecule is CCNC(=O)N(S)c1ccccc1CC. The molecule has 0 aliphatic heterocycles. The molecule has 4 heteroatoms. The van der Waals surface area contributed by atoms with Crippen LogP contribution in [0.1, 0.15) is 19.4 Å². The fraction of sp³-hybridized carbons (Fsp3) is 0.364. The molecular formula is C11H16N2OS.